The van der Waals surface area contributed by atoms with Gasteiger partial charge in [-0.05, 0) is 13.0 Å². The Labute approximate surface area is 93.3 Å². The van der Waals surface area contributed by atoms with Crippen molar-refractivity contribution in [3.05, 3.63) is 17.8 Å². The van der Waals surface area contributed by atoms with Crippen LogP contribution in [-0.2, 0) is 0 Å². The molecule has 0 spiro atoms. The van der Waals surface area contributed by atoms with Crippen LogP contribution in [0.2, 0.25) is 0 Å². The molecule has 0 aliphatic rings. The fourth-order valence-corrected chi connectivity index (χ4v) is 1.39. The average Bonchev–Trinajstić information content (AvgIpc) is 2.15. The first-order valence-electron chi connectivity index (χ1n) is 4.80. The predicted octanol–water partition coefficient (Wildman–Crippen LogP) is 0.179. The summed E-state index contributed by atoms with van der Waals surface area (Å²) < 4.78 is 0. The molecule has 6 nitrogen and oxygen atoms in total. The molecule has 4 N–H and O–H groups in total. The van der Waals surface area contributed by atoms with E-state index >= 15 is 0 Å². The standard InChI is InChI=1S/C10H15N3O3/c1-6(14)5-13(2)9-8(11)3-7(4-12-9)10(15)16/h3-4,6,14H,5,11H2,1-2H3,(H,15,16). The van der Waals surface area contributed by atoms with Gasteiger partial charge in [0.15, 0.2) is 5.82 Å². The second-order valence-corrected chi connectivity index (χ2v) is 3.67. The molecule has 0 aliphatic heterocycles. The van der Waals surface area contributed by atoms with Crippen molar-refractivity contribution in [2.45, 2.75) is 13.0 Å². The van der Waals surface area contributed by atoms with E-state index in [0.29, 0.717) is 12.4 Å². The number of carboxylic acids is 1. The Hall–Kier alpha value is -1.82. The molecular weight excluding hydrogens is 210 g/mol. The fourth-order valence-electron chi connectivity index (χ4n) is 1.39. The smallest absolute Gasteiger partial charge is 0.337 e. The molecule has 0 aromatic carbocycles. The molecule has 0 radical (unpaired) electrons. The van der Waals surface area contributed by atoms with Crippen LogP contribution in [0.15, 0.2) is 12.3 Å². The Kier molecular flexibility index (Phi) is 3.68. The zero-order chi connectivity index (χ0) is 12.3. The van der Waals surface area contributed by atoms with Crippen molar-refractivity contribution in [2.24, 2.45) is 0 Å². The molecule has 1 aromatic rings. The van der Waals surface area contributed by atoms with Crippen molar-refractivity contribution in [3.8, 4) is 0 Å². The molecule has 0 saturated carbocycles. The van der Waals surface area contributed by atoms with Crippen molar-refractivity contribution < 1.29 is 15.0 Å². The number of aliphatic hydroxyl groups excluding tert-OH is 1. The number of aromatic nitrogens is 1. The van der Waals surface area contributed by atoms with Gasteiger partial charge in [0.2, 0.25) is 0 Å². The van der Waals surface area contributed by atoms with Gasteiger partial charge in [-0.3, -0.25) is 0 Å². The number of rotatable bonds is 4. The van der Waals surface area contributed by atoms with E-state index in [1.807, 2.05) is 0 Å². The highest BCUT2D eigenvalue weighted by atomic mass is 16.4. The minimum atomic E-state index is -1.07. The van der Waals surface area contributed by atoms with Crippen LogP contribution in [0.5, 0.6) is 0 Å². The van der Waals surface area contributed by atoms with Gasteiger partial charge < -0.3 is 20.8 Å². The first-order chi connectivity index (χ1) is 7.41. The van der Waals surface area contributed by atoms with Crippen molar-refractivity contribution in [1.29, 1.82) is 0 Å². The number of hydrogen-bond acceptors (Lipinski definition) is 5. The van der Waals surface area contributed by atoms with Crippen LogP contribution in [0, 0.1) is 0 Å². The lowest BCUT2D eigenvalue weighted by Crippen LogP contribution is -2.28. The molecule has 0 fully saturated rings. The number of aromatic carboxylic acids is 1. The van der Waals surface area contributed by atoms with E-state index in [0.717, 1.165) is 0 Å². The maximum absolute atomic E-state index is 10.7. The van der Waals surface area contributed by atoms with Gasteiger partial charge in [0, 0.05) is 19.8 Å². The molecule has 6 heteroatoms. The lowest BCUT2D eigenvalue weighted by Gasteiger charge is -2.21. The number of aliphatic hydroxyl groups is 1. The lowest BCUT2D eigenvalue weighted by molar-refractivity contribution is 0.0696. The molecule has 1 unspecified atom stereocenters. The largest absolute Gasteiger partial charge is 0.478 e. The molecule has 1 heterocycles. The van der Waals surface area contributed by atoms with Gasteiger partial charge in [-0.25, -0.2) is 9.78 Å². The van der Waals surface area contributed by atoms with Crippen LogP contribution in [-0.4, -0.2) is 40.9 Å². The highest BCUT2D eigenvalue weighted by molar-refractivity contribution is 5.89. The summed E-state index contributed by atoms with van der Waals surface area (Å²) in [7, 11) is 1.73. The highest BCUT2D eigenvalue weighted by Gasteiger charge is 2.12. The molecule has 0 saturated heterocycles. The van der Waals surface area contributed by atoms with Crippen LogP contribution >= 0.6 is 0 Å². The maximum atomic E-state index is 10.7. The second kappa shape index (κ2) is 4.80. The number of nitrogen functional groups attached to an aromatic ring is 1. The fraction of sp³-hybridized carbons (Fsp3) is 0.400. The number of pyridine rings is 1. The molecule has 1 atom stereocenters. The third kappa shape index (κ3) is 2.83. The van der Waals surface area contributed by atoms with Gasteiger partial charge in [0.25, 0.3) is 0 Å². The Balaban J connectivity index is 2.94. The summed E-state index contributed by atoms with van der Waals surface area (Å²) in [6.45, 7) is 2.03. The molecule has 0 aliphatic carbocycles. The van der Waals surface area contributed by atoms with Gasteiger partial charge in [-0.15, -0.1) is 0 Å². The van der Waals surface area contributed by atoms with Crippen LogP contribution in [0.25, 0.3) is 0 Å². The van der Waals surface area contributed by atoms with Crippen LogP contribution in [0.3, 0.4) is 0 Å². The molecule has 0 amide bonds. The van der Waals surface area contributed by atoms with E-state index < -0.39 is 12.1 Å². The van der Waals surface area contributed by atoms with E-state index in [9.17, 15) is 9.90 Å². The van der Waals surface area contributed by atoms with Crippen molar-refractivity contribution >= 4 is 17.5 Å². The molecular formula is C10H15N3O3. The van der Waals surface area contributed by atoms with E-state index in [1.54, 1.807) is 18.9 Å². The van der Waals surface area contributed by atoms with Gasteiger partial charge in [-0.2, -0.15) is 0 Å². The van der Waals surface area contributed by atoms with Crippen LogP contribution in [0.4, 0.5) is 11.5 Å². The average molecular weight is 225 g/mol. The van der Waals surface area contributed by atoms with Crippen molar-refractivity contribution in [2.75, 3.05) is 24.2 Å². The number of carboxylic acid groups (broad SMARTS) is 1. The molecule has 88 valence electrons. The molecule has 1 aromatic heterocycles. The summed E-state index contributed by atoms with van der Waals surface area (Å²) in [5.41, 5.74) is 6.02. The van der Waals surface area contributed by atoms with Crippen LogP contribution in [0.1, 0.15) is 17.3 Å². The van der Waals surface area contributed by atoms with Gasteiger partial charge in [-0.1, -0.05) is 0 Å². The summed E-state index contributed by atoms with van der Waals surface area (Å²) >= 11 is 0. The predicted molar refractivity (Wildman–Crippen MR) is 60.6 cm³/mol. The van der Waals surface area contributed by atoms with Crippen molar-refractivity contribution in [1.82, 2.24) is 4.98 Å². The number of likely N-dealkylation sites (N-methyl/N-ethyl adjacent to an activating group) is 1. The van der Waals surface area contributed by atoms with E-state index in [1.165, 1.54) is 12.3 Å². The zero-order valence-electron chi connectivity index (χ0n) is 9.21. The molecule has 1 rings (SSSR count). The number of nitrogens with zero attached hydrogens (tertiary/aromatic N) is 2. The van der Waals surface area contributed by atoms with Crippen LogP contribution < -0.4 is 10.6 Å². The molecule has 16 heavy (non-hydrogen) atoms. The number of carbonyl (C=O) groups is 1. The quantitative estimate of drug-likeness (QED) is 0.676. The Morgan fingerprint density at radius 3 is 2.75 bits per heavy atom. The first kappa shape index (κ1) is 12.3. The minimum absolute atomic E-state index is 0.0479. The third-order valence-electron chi connectivity index (χ3n) is 2.04. The maximum Gasteiger partial charge on any atom is 0.337 e. The Morgan fingerprint density at radius 1 is 1.69 bits per heavy atom. The van der Waals surface area contributed by atoms with Gasteiger partial charge >= 0.3 is 5.97 Å². The first-order valence-corrected chi connectivity index (χ1v) is 4.80. The number of hydrogen-bond donors (Lipinski definition) is 3. The Bertz CT molecular complexity index is 393. The highest BCUT2D eigenvalue weighted by Crippen LogP contribution is 2.20. The number of nitrogens with two attached hydrogens (primary N) is 1. The number of anilines is 2. The van der Waals surface area contributed by atoms with E-state index in [-0.39, 0.29) is 11.3 Å². The minimum Gasteiger partial charge on any atom is -0.478 e. The van der Waals surface area contributed by atoms with E-state index in [2.05, 4.69) is 4.98 Å². The zero-order valence-corrected chi connectivity index (χ0v) is 9.21. The third-order valence-corrected chi connectivity index (χ3v) is 2.04. The Morgan fingerprint density at radius 2 is 2.31 bits per heavy atom. The summed E-state index contributed by atoms with van der Waals surface area (Å²) in [5, 5.41) is 17.9. The molecule has 0 bridgehead atoms. The normalized spacial score (nSPS) is 12.2. The summed E-state index contributed by atoms with van der Waals surface area (Å²) in [4.78, 5) is 16.3. The van der Waals surface area contributed by atoms with Crippen molar-refractivity contribution in [3.63, 3.8) is 0 Å². The topological polar surface area (TPSA) is 99.7 Å². The lowest BCUT2D eigenvalue weighted by atomic mass is 10.2. The summed E-state index contributed by atoms with van der Waals surface area (Å²) in [6.07, 6.45) is 0.734. The summed E-state index contributed by atoms with van der Waals surface area (Å²) in [5.74, 6) is -0.602. The second-order valence-electron chi connectivity index (χ2n) is 3.67. The van der Waals surface area contributed by atoms with Gasteiger partial charge in [0.1, 0.15) is 0 Å². The van der Waals surface area contributed by atoms with Gasteiger partial charge in [0.05, 0.1) is 17.4 Å². The monoisotopic (exact) mass is 225 g/mol. The summed E-state index contributed by atoms with van der Waals surface area (Å²) in [6, 6.07) is 1.35. The van der Waals surface area contributed by atoms with E-state index in [4.69, 9.17) is 10.8 Å². The SMILES string of the molecule is CC(O)CN(C)c1ncc(C(=O)O)cc1N.